The number of amides is 1. The highest BCUT2D eigenvalue weighted by molar-refractivity contribution is 9.10. The summed E-state index contributed by atoms with van der Waals surface area (Å²) in [5.41, 5.74) is 0.860. The number of anilines is 1. The van der Waals surface area contributed by atoms with Gasteiger partial charge in [0.1, 0.15) is 0 Å². The van der Waals surface area contributed by atoms with Gasteiger partial charge in [0.15, 0.2) is 0 Å². The van der Waals surface area contributed by atoms with Crippen LogP contribution in [-0.4, -0.2) is 21.4 Å². The van der Waals surface area contributed by atoms with Gasteiger partial charge in [0, 0.05) is 22.8 Å². The quantitative estimate of drug-likeness (QED) is 0.870. The topological polar surface area (TPSA) is 75.3 Å². The highest BCUT2D eigenvalue weighted by Gasteiger charge is 2.15. The first-order chi connectivity index (χ1) is 9.92. The van der Waals surface area contributed by atoms with Crippen molar-refractivity contribution in [1.82, 2.24) is 5.32 Å². The van der Waals surface area contributed by atoms with Crippen LogP contribution in [0.15, 0.2) is 57.9 Å². The van der Waals surface area contributed by atoms with Gasteiger partial charge in [-0.2, -0.15) is 0 Å². The van der Waals surface area contributed by atoms with E-state index in [1.165, 1.54) is 31.3 Å². The fraction of sp³-hybridized carbons (Fsp3) is 0.0714. The monoisotopic (exact) mass is 368 g/mol. The molecule has 0 fully saturated rings. The Balaban J connectivity index is 2.25. The van der Waals surface area contributed by atoms with Gasteiger partial charge < -0.3 is 5.32 Å². The summed E-state index contributed by atoms with van der Waals surface area (Å²) < 4.78 is 27.7. The Kier molecular flexibility index (Phi) is 4.64. The largest absolute Gasteiger partial charge is 0.355 e. The third-order valence-electron chi connectivity index (χ3n) is 2.73. The molecule has 1 amide bonds. The third-order valence-corrected chi connectivity index (χ3v) is 4.62. The molecule has 0 aromatic heterocycles. The Morgan fingerprint density at radius 3 is 2.33 bits per heavy atom. The third kappa shape index (κ3) is 3.83. The molecule has 21 heavy (non-hydrogen) atoms. The maximum Gasteiger partial charge on any atom is 0.261 e. The van der Waals surface area contributed by atoms with Crippen LogP contribution >= 0.6 is 15.9 Å². The maximum absolute atomic E-state index is 12.2. The molecule has 0 spiro atoms. The van der Waals surface area contributed by atoms with Crippen molar-refractivity contribution in [3.8, 4) is 0 Å². The molecular weight excluding hydrogens is 356 g/mol. The molecule has 0 bridgehead atoms. The van der Waals surface area contributed by atoms with E-state index in [1.807, 2.05) is 0 Å². The van der Waals surface area contributed by atoms with Gasteiger partial charge >= 0.3 is 0 Å². The molecule has 0 saturated heterocycles. The Morgan fingerprint density at radius 1 is 1.10 bits per heavy atom. The summed E-state index contributed by atoms with van der Waals surface area (Å²) >= 11 is 3.28. The van der Waals surface area contributed by atoms with Gasteiger partial charge in [0.05, 0.1) is 4.90 Å². The van der Waals surface area contributed by atoms with Crippen molar-refractivity contribution >= 4 is 37.5 Å². The van der Waals surface area contributed by atoms with Crippen LogP contribution in [0.4, 0.5) is 5.69 Å². The number of sulfonamides is 1. The predicted molar refractivity (Wildman–Crippen MR) is 84.8 cm³/mol. The van der Waals surface area contributed by atoms with Crippen LogP contribution in [0.5, 0.6) is 0 Å². The Morgan fingerprint density at radius 2 is 1.76 bits per heavy atom. The van der Waals surface area contributed by atoms with Crippen molar-refractivity contribution in [1.29, 1.82) is 0 Å². The highest BCUT2D eigenvalue weighted by atomic mass is 79.9. The normalized spacial score (nSPS) is 11.0. The molecule has 0 radical (unpaired) electrons. The van der Waals surface area contributed by atoms with Crippen molar-refractivity contribution in [2.24, 2.45) is 0 Å². The first-order valence-corrected chi connectivity index (χ1v) is 8.30. The Bertz CT molecular complexity index is 758. The van der Waals surface area contributed by atoms with Crippen LogP contribution in [0.25, 0.3) is 0 Å². The van der Waals surface area contributed by atoms with Crippen LogP contribution in [0, 0.1) is 0 Å². The van der Waals surface area contributed by atoms with Crippen LogP contribution in [0.2, 0.25) is 0 Å². The lowest BCUT2D eigenvalue weighted by Gasteiger charge is -2.09. The molecule has 7 heteroatoms. The number of nitrogens with one attached hydrogen (secondary N) is 2. The summed E-state index contributed by atoms with van der Waals surface area (Å²) in [6, 6.07) is 12.6. The number of hydrogen-bond donors (Lipinski definition) is 2. The van der Waals surface area contributed by atoms with Crippen molar-refractivity contribution in [2.45, 2.75) is 4.90 Å². The predicted octanol–water partition coefficient (Wildman–Crippen LogP) is 2.61. The second-order valence-corrected chi connectivity index (χ2v) is 6.82. The molecule has 0 atom stereocenters. The van der Waals surface area contributed by atoms with Crippen molar-refractivity contribution in [3.63, 3.8) is 0 Å². The van der Waals surface area contributed by atoms with E-state index in [1.54, 1.807) is 24.3 Å². The molecular formula is C14H13BrN2O3S. The van der Waals surface area contributed by atoms with E-state index in [9.17, 15) is 13.2 Å². The van der Waals surface area contributed by atoms with Gasteiger partial charge in [0.2, 0.25) is 0 Å². The number of benzene rings is 2. The van der Waals surface area contributed by atoms with Crippen molar-refractivity contribution in [3.05, 3.63) is 58.6 Å². The molecule has 0 aliphatic carbocycles. The van der Waals surface area contributed by atoms with Gasteiger partial charge in [-0.15, -0.1) is 0 Å². The molecule has 0 aliphatic rings. The van der Waals surface area contributed by atoms with Crippen LogP contribution in [0.1, 0.15) is 10.4 Å². The van der Waals surface area contributed by atoms with Gasteiger partial charge in [-0.25, -0.2) is 8.42 Å². The average Bonchev–Trinajstić information content (AvgIpc) is 2.46. The highest BCUT2D eigenvalue weighted by Crippen LogP contribution is 2.20. The number of hydrogen-bond acceptors (Lipinski definition) is 3. The van der Waals surface area contributed by atoms with Crippen LogP contribution < -0.4 is 10.0 Å². The smallest absolute Gasteiger partial charge is 0.261 e. The van der Waals surface area contributed by atoms with E-state index in [0.29, 0.717) is 11.3 Å². The molecule has 5 nitrogen and oxygen atoms in total. The van der Waals surface area contributed by atoms with Gasteiger partial charge in [-0.05, 0) is 42.5 Å². The Labute approximate surface area is 131 Å². The van der Waals surface area contributed by atoms with Crippen LogP contribution in [0.3, 0.4) is 0 Å². The minimum Gasteiger partial charge on any atom is -0.355 e. The number of rotatable bonds is 4. The van der Waals surface area contributed by atoms with Crippen molar-refractivity contribution < 1.29 is 13.2 Å². The lowest BCUT2D eigenvalue weighted by atomic mass is 10.2. The van der Waals surface area contributed by atoms with Crippen LogP contribution in [-0.2, 0) is 10.0 Å². The van der Waals surface area contributed by atoms with E-state index in [0.717, 1.165) is 4.47 Å². The van der Waals surface area contributed by atoms with E-state index in [4.69, 9.17) is 0 Å². The summed E-state index contributed by atoms with van der Waals surface area (Å²) in [7, 11) is -2.17. The molecule has 0 saturated carbocycles. The average molecular weight is 369 g/mol. The van der Waals surface area contributed by atoms with E-state index in [-0.39, 0.29) is 10.8 Å². The van der Waals surface area contributed by atoms with E-state index >= 15 is 0 Å². The molecule has 2 aromatic carbocycles. The van der Waals surface area contributed by atoms with Gasteiger partial charge in [0.25, 0.3) is 15.9 Å². The fourth-order valence-corrected chi connectivity index (χ4v) is 3.14. The zero-order valence-electron chi connectivity index (χ0n) is 11.1. The molecule has 0 aliphatic heterocycles. The summed E-state index contributed by atoms with van der Waals surface area (Å²) in [6.07, 6.45) is 0. The van der Waals surface area contributed by atoms with E-state index < -0.39 is 10.0 Å². The Hall–Kier alpha value is -1.86. The lowest BCUT2D eigenvalue weighted by molar-refractivity contribution is 0.0963. The van der Waals surface area contributed by atoms with Gasteiger partial charge in [-0.1, -0.05) is 22.0 Å². The number of halogens is 1. The summed E-state index contributed by atoms with van der Waals surface area (Å²) in [6.45, 7) is 0. The summed E-state index contributed by atoms with van der Waals surface area (Å²) in [5, 5.41) is 2.48. The zero-order chi connectivity index (χ0) is 15.5. The standard InChI is InChI=1S/C14H13BrN2O3S/c1-16-14(18)10-5-7-13(8-6-10)21(19,20)17-12-4-2-3-11(15)9-12/h2-9,17H,1H3,(H,16,18). The first kappa shape index (κ1) is 15.5. The minimum absolute atomic E-state index is 0.0927. The summed E-state index contributed by atoms with van der Waals surface area (Å²) in [4.78, 5) is 11.5. The SMILES string of the molecule is CNC(=O)c1ccc(S(=O)(=O)Nc2cccc(Br)c2)cc1. The molecule has 0 heterocycles. The summed E-state index contributed by atoms with van der Waals surface area (Å²) in [5.74, 6) is -0.265. The second kappa shape index (κ2) is 6.28. The molecule has 2 rings (SSSR count). The number of carbonyl (C=O) groups excluding carboxylic acids is 1. The first-order valence-electron chi connectivity index (χ1n) is 6.03. The zero-order valence-corrected chi connectivity index (χ0v) is 13.5. The lowest BCUT2D eigenvalue weighted by Crippen LogP contribution is -2.18. The van der Waals surface area contributed by atoms with Gasteiger partial charge in [-0.3, -0.25) is 9.52 Å². The molecule has 2 aromatic rings. The van der Waals surface area contributed by atoms with Crippen molar-refractivity contribution in [2.75, 3.05) is 11.8 Å². The number of carbonyl (C=O) groups is 1. The minimum atomic E-state index is -3.68. The molecule has 0 unspecified atom stereocenters. The van der Waals surface area contributed by atoms with E-state index in [2.05, 4.69) is 26.0 Å². The second-order valence-electron chi connectivity index (χ2n) is 4.22. The fourth-order valence-electron chi connectivity index (χ4n) is 1.70. The molecule has 2 N–H and O–H groups in total. The molecule has 110 valence electrons. The maximum atomic E-state index is 12.2.